The van der Waals surface area contributed by atoms with Crippen LogP contribution in [0.25, 0.3) is 0 Å². The van der Waals surface area contributed by atoms with Crippen LogP contribution in [-0.4, -0.2) is 48.4 Å². The molecule has 3 heterocycles. The Kier molecular flexibility index (Phi) is 4.25. The molecule has 0 bridgehead atoms. The first kappa shape index (κ1) is 16.4. The molecule has 6 nitrogen and oxygen atoms in total. The minimum absolute atomic E-state index is 0.0994. The molecular formula is C20H26N2O4. The van der Waals surface area contributed by atoms with E-state index in [4.69, 9.17) is 14.2 Å². The lowest BCUT2D eigenvalue weighted by Crippen LogP contribution is -2.50. The number of nitrogens with zero attached hydrogens (tertiary/aromatic N) is 1. The molecular weight excluding hydrogens is 332 g/mol. The first-order valence-corrected chi connectivity index (χ1v) is 9.85. The maximum Gasteiger partial charge on any atom is 0.249 e. The molecule has 1 amide bonds. The van der Waals surface area contributed by atoms with Gasteiger partial charge in [-0.1, -0.05) is 6.07 Å². The minimum Gasteiger partial charge on any atom is -0.454 e. The number of nitrogens with one attached hydrogen (secondary N) is 1. The topological polar surface area (TPSA) is 60.0 Å². The van der Waals surface area contributed by atoms with Crippen LogP contribution in [-0.2, 0) is 16.1 Å². The average molecular weight is 358 g/mol. The van der Waals surface area contributed by atoms with Crippen molar-refractivity contribution in [1.82, 2.24) is 10.2 Å². The van der Waals surface area contributed by atoms with E-state index < -0.39 is 0 Å². The SMILES string of the molecule is O=C(NC1CCC1)[C@@H]1CC[C@@H]2[C@@H](CCN2Cc2ccc3c(c2)OCO3)O1. The van der Waals surface area contributed by atoms with Gasteiger partial charge in [0.25, 0.3) is 0 Å². The fourth-order valence-corrected chi connectivity index (χ4v) is 4.52. The van der Waals surface area contributed by atoms with Crippen LogP contribution in [0, 0.1) is 0 Å². The number of carbonyl (C=O) groups is 1. The summed E-state index contributed by atoms with van der Waals surface area (Å²) in [6.45, 7) is 2.21. The van der Waals surface area contributed by atoms with Gasteiger partial charge in [-0.3, -0.25) is 9.69 Å². The fraction of sp³-hybridized carbons (Fsp3) is 0.650. The van der Waals surface area contributed by atoms with E-state index in [1.165, 1.54) is 12.0 Å². The molecule has 0 unspecified atom stereocenters. The van der Waals surface area contributed by atoms with E-state index in [9.17, 15) is 4.79 Å². The molecule has 2 saturated heterocycles. The maximum absolute atomic E-state index is 12.4. The van der Waals surface area contributed by atoms with E-state index in [0.717, 1.165) is 56.7 Å². The molecule has 26 heavy (non-hydrogen) atoms. The third-order valence-electron chi connectivity index (χ3n) is 6.23. The summed E-state index contributed by atoms with van der Waals surface area (Å²) in [5.41, 5.74) is 1.24. The summed E-state index contributed by atoms with van der Waals surface area (Å²) in [6.07, 6.45) is 6.23. The van der Waals surface area contributed by atoms with E-state index in [1.54, 1.807) is 0 Å². The quantitative estimate of drug-likeness (QED) is 0.894. The second kappa shape index (κ2) is 6.74. The van der Waals surface area contributed by atoms with Crippen LogP contribution < -0.4 is 14.8 Å². The first-order valence-electron chi connectivity index (χ1n) is 9.85. The van der Waals surface area contributed by atoms with E-state index in [2.05, 4.69) is 22.3 Å². The van der Waals surface area contributed by atoms with Gasteiger partial charge in [-0.05, 0) is 56.2 Å². The number of carbonyl (C=O) groups excluding carboxylic acids is 1. The van der Waals surface area contributed by atoms with Crippen LogP contribution in [0.1, 0.15) is 44.1 Å². The second-order valence-electron chi connectivity index (χ2n) is 7.89. The zero-order chi connectivity index (χ0) is 17.5. The van der Waals surface area contributed by atoms with Gasteiger partial charge in [0.2, 0.25) is 12.7 Å². The van der Waals surface area contributed by atoms with Crippen LogP contribution in [0.2, 0.25) is 0 Å². The van der Waals surface area contributed by atoms with Gasteiger partial charge in [0, 0.05) is 25.2 Å². The highest BCUT2D eigenvalue weighted by molar-refractivity contribution is 5.81. The van der Waals surface area contributed by atoms with Crippen molar-refractivity contribution in [2.45, 2.75) is 69.4 Å². The summed E-state index contributed by atoms with van der Waals surface area (Å²) in [5, 5.41) is 3.14. The zero-order valence-corrected chi connectivity index (χ0v) is 15.0. The molecule has 1 aromatic rings. The molecule has 1 saturated carbocycles. The molecule has 140 valence electrons. The molecule has 1 aromatic carbocycles. The smallest absolute Gasteiger partial charge is 0.249 e. The lowest BCUT2D eigenvalue weighted by Gasteiger charge is -2.36. The Morgan fingerprint density at radius 3 is 2.85 bits per heavy atom. The average Bonchev–Trinajstić information content (AvgIpc) is 3.24. The molecule has 4 aliphatic rings. The van der Waals surface area contributed by atoms with Gasteiger partial charge in [-0.25, -0.2) is 0 Å². The van der Waals surface area contributed by atoms with Crippen molar-refractivity contribution < 1.29 is 19.0 Å². The largest absolute Gasteiger partial charge is 0.454 e. The Morgan fingerprint density at radius 2 is 2.00 bits per heavy atom. The van der Waals surface area contributed by atoms with Crippen LogP contribution in [0.5, 0.6) is 11.5 Å². The number of rotatable bonds is 4. The Balaban J connectivity index is 1.18. The van der Waals surface area contributed by atoms with Gasteiger partial charge in [-0.15, -0.1) is 0 Å². The lowest BCUT2D eigenvalue weighted by molar-refractivity contribution is -0.145. The predicted molar refractivity (Wildman–Crippen MR) is 95.1 cm³/mol. The lowest BCUT2D eigenvalue weighted by atomic mass is 9.92. The molecule has 0 spiro atoms. The summed E-state index contributed by atoms with van der Waals surface area (Å²) < 4.78 is 17.1. The molecule has 0 aromatic heterocycles. The molecule has 1 N–H and O–H groups in total. The first-order chi connectivity index (χ1) is 12.8. The van der Waals surface area contributed by atoms with Crippen LogP contribution in [0.3, 0.4) is 0 Å². The molecule has 1 aliphatic carbocycles. The van der Waals surface area contributed by atoms with Crippen molar-refractivity contribution in [3.63, 3.8) is 0 Å². The molecule has 5 rings (SSSR count). The monoisotopic (exact) mass is 358 g/mol. The molecule has 3 fully saturated rings. The highest BCUT2D eigenvalue weighted by Gasteiger charge is 2.42. The highest BCUT2D eigenvalue weighted by atomic mass is 16.7. The third-order valence-corrected chi connectivity index (χ3v) is 6.23. The van der Waals surface area contributed by atoms with Crippen molar-refractivity contribution >= 4 is 5.91 Å². The number of hydrogen-bond donors (Lipinski definition) is 1. The molecule has 6 heteroatoms. The summed E-state index contributed by atoms with van der Waals surface area (Å²) >= 11 is 0. The van der Waals surface area contributed by atoms with Crippen LogP contribution in [0.15, 0.2) is 18.2 Å². The third kappa shape index (κ3) is 3.05. The van der Waals surface area contributed by atoms with Crippen LogP contribution >= 0.6 is 0 Å². The van der Waals surface area contributed by atoms with Gasteiger partial charge in [-0.2, -0.15) is 0 Å². The maximum atomic E-state index is 12.4. The Morgan fingerprint density at radius 1 is 1.12 bits per heavy atom. The van der Waals surface area contributed by atoms with Crippen molar-refractivity contribution in [3.05, 3.63) is 23.8 Å². The predicted octanol–water partition coefficient (Wildman–Crippen LogP) is 2.21. The van der Waals surface area contributed by atoms with E-state index in [0.29, 0.717) is 18.9 Å². The number of amides is 1. The van der Waals surface area contributed by atoms with E-state index in [1.807, 2.05) is 6.07 Å². The van der Waals surface area contributed by atoms with Gasteiger partial charge < -0.3 is 19.5 Å². The number of fused-ring (bicyclic) bond motifs is 2. The van der Waals surface area contributed by atoms with Crippen molar-refractivity contribution in [1.29, 1.82) is 0 Å². The Bertz CT molecular complexity index is 690. The highest BCUT2D eigenvalue weighted by Crippen LogP contribution is 2.36. The molecule has 0 radical (unpaired) electrons. The van der Waals surface area contributed by atoms with Gasteiger partial charge in [0.15, 0.2) is 11.5 Å². The van der Waals surface area contributed by atoms with Gasteiger partial charge >= 0.3 is 0 Å². The fourth-order valence-electron chi connectivity index (χ4n) is 4.52. The Labute approximate surface area is 153 Å². The van der Waals surface area contributed by atoms with E-state index >= 15 is 0 Å². The minimum atomic E-state index is -0.262. The number of hydrogen-bond acceptors (Lipinski definition) is 5. The summed E-state index contributed by atoms with van der Waals surface area (Å²) in [4.78, 5) is 14.9. The van der Waals surface area contributed by atoms with Crippen molar-refractivity contribution in [2.75, 3.05) is 13.3 Å². The standard InChI is InChI=1S/C20H26N2O4/c23-20(21-14-2-1-3-14)18-7-5-15-16(26-18)8-9-22(15)11-13-4-6-17-19(10-13)25-12-24-17/h4,6,10,14-16,18H,1-3,5,7-9,11-12H2,(H,21,23)/t15-,16-,18+/m1/s1. The number of benzene rings is 1. The second-order valence-corrected chi connectivity index (χ2v) is 7.89. The molecule has 3 atom stereocenters. The van der Waals surface area contributed by atoms with E-state index in [-0.39, 0.29) is 18.1 Å². The zero-order valence-electron chi connectivity index (χ0n) is 15.0. The molecule has 3 aliphatic heterocycles. The normalized spacial score (nSPS) is 30.7. The van der Waals surface area contributed by atoms with Gasteiger partial charge in [0.05, 0.1) is 6.10 Å². The van der Waals surface area contributed by atoms with Crippen LogP contribution in [0.4, 0.5) is 0 Å². The summed E-state index contributed by atoms with van der Waals surface area (Å²) in [5.74, 6) is 1.77. The number of ether oxygens (including phenoxy) is 3. The summed E-state index contributed by atoms with van der Waals surface area (Å²) in [7, 11) is 0. The van der Waals surface area contributed by atoms with Gasteiger partial charge in [0.1, 0.15) is 6.10 Å². The van der Waals surface area contributed by atoms with Crippen molar-refractivity contribution in [2.24, 2.45) is 0 Å². The summed E-state index contributed by atoms with van der Waals surface area (Å²) in [6, 6.07) is 6.97. The number of likely N-dealkylation sites (tertiary alicyclic amines) is 1. The Hall–Kier alpha value is -1.79. The van der Waals surface area contributed by atoms with Crippen molar-refractivity contribution in [3.8, 4) is 11.5 Å².